The number of hydrogen-bond acceptors (Lipinski definition) is 7. The van der Waals surface area contributed by atoms with Crippen molar-refractivity contribution in [2.75, 3.05) is 25.0 Å². The first kappa shape index (κ1) is 21.6. The quantitative estimate of drug-likeness (QED) is 0.386. The number of anilines is 2. The van der Waals surface area contributed by atoms with E-state index in [1.54, 1.807) is 18.3 Å². The van der Waals surface area contributed by atoms with E-state index in [0.717, 1.165) is 16.8 Å². The molecule has 2 aromatic carbocycles. The third-order valence-corrected chi connectivity index (χ3v) is 5.09. The lowest BCUT2D eigenvalue weighted by atomic mass is 10.1. The molecule has 0 bridgehead atoms. The minimum Gasteiger partial charge on any atom is -0.395 e. The van der Waals surface area contributed by atoms with Gasteiger partial charge in [-0.15, -0.1) is 0 Å². The minimum atomic E-state index is -3.73. The number of rotatable bonds is 9. The van der Waals surface area contributed by atoms with Crippen LogP contribution >= 0.6 is 0 Å². The van der Waals surface area contributed by atoms with Crippen molar-refractivity contribution in [3.05, 3.63) is 72.4 Å². The molecule has 0 saturated carbocycles. The lowest BCUT2D eigenvalue weighted by Gasteiger charge is -2.07. The molecule has 0 aliphatic heterocycles. The first-order chi connectivity index (χ1) is 14.5. The number of primary sulfonamides is 1. The van der Waals surface area contributed by atoms with E-state index in [2.05, 4.69) is 20.6 Å². The monoisotopic (exact) mass is 425 g/mol. The lowest BCUT2D eigenvalue weighted by Crippen LogP contribution is -2.17. The Balaban J connectivity index is 1.68. The Kier molecular flexibility index (Phi) is 7.26. The number of nitrogens with zero attached hydrogens (tertiary/aromatic N) is 2. The van der Waals surface area contributed by atoms with Crippen LogP contribution in [0.15, 0.2) is 71.8 Å². The summed E-state index contributed by atoms with van der Waals surface area (Å²) in [5, 5.41) is 20.0. The van der Waals surface area contributed by atoms with E-state index in [4.69, 9.17) is 10.2 Å². The van der Waals surface area contributed by atoms with Crippen molar-refractivity contribution in [2.45, 2.75) is 4.90 Å². The van der Waals surface area contributed by atoms with Crippen LogP contribution in [0.1, 0.15) is 5.56 Å². The van der Waals surface area contributed by atoms with Crippen molar-refractivity contribution in [1.29, 1.82) is 0 Å². The zero-order chi connectivity index (χ0) is 21.4. The zero-order valence-corrected chi connectivity index (χ0v) is 17.0. The average molecular weight is 426 g/mol. The first-order valence-corrected chi connectivity index (χ1v) is 10.8. The largest absolute Gasteiger partial charge is 0.395 e. The van der Waals surface area contributed by atoms with E-state index in [1.165, 1.54) is 12.1 Å². The first-order valence-electron chi connectivity index (χ1n) is 9.27. The predicted octanol–water partition coefficient (Wildman–Crippen LogP) is 2.13. The molecule has 30 heavy (non-hydrogen) atoms. The number of nitrogens with one attached hydrogen (secondary N) is 2. The fourth-order valence-electron chi connectivity index (χ4n) is 2.66. The van der Waals surface area contributed by atoms with Gasteiger partial charge in [-0.3, -0.25) is 0 Å². The highest BCUT2D eigenvalue weighted by molar-refractivity contribution is 7.89. The molecule has 0 aliphatic carbocycles. The average Bonchev–Trinajstić information content (AvgIpc) is 2.74. The molecule has 0 amide bonds. The molecular weight excluding hydrogens is 402 g/mol. The Morgan fingerprint density at radius 2 is 1.77 bits per heavy atom. The number of aliphatic hydroxyl groups excluding tert-OH is 1. The Morgan fingerprint density at radius 1 is 1.03 bits per heavy atom. The highest BCUT2D eigenvalue weighted by atomic mass is 32.2. The van der Waals surface area contributed by atoms with Gasteiger partial charge in [-0.2, -0.15) is 0 Å². The van der Waals surface area contributed by atoms with E-state index in [-0.39, 0.29) is 11.5 Å². The molecule has 0 aliphatic rings. The second-order valence-corrected chi connectivity index (χ2v) is 7.97. The number of hydrogen-bond donors (Lipinski definition) is 4. The Bertz CT molecular complexity index is 1100. The van der Waals surface area contributed by atoms with Gasteiger partial charge in [-0.05, 0) is 35.9 Å². The lowest BCUT2D eigenvalue weighted by molar-refractivity contribution is 0.294. The molecule has 3 aromatic rings. The molecular formula is C21H23N5O3S. The summed E-state index contributed by atoms with van der Waals surface area (Å²) in [4.78, 5) is 8.77. The third kappa shape index (κ3) is 6.19. The highest BCUT2D eigenvalue weighted by Crippen LogP contribution is 2.21. The SMILES string of the molecule is NS(=O)(=O)c1ccc(Nc2nccc(-c3ccc(C=CCNCCO)cc3)n2)cc1. The molecule has 0 saturated heterocycles. The Morgan fingerprint density at radius 3 is 2.43 bits per heavy atom. The topological polar surface area (TPSA) is 130 Å². The van der Waals surface area contributed by atoms with Gasteiger partial charge in [0.2, 0.25) is 16.0 Å². The predicted molar refractivity (Wildman–Crippen MR) is 118 cm³/mol. The maximum Gasteiger partial charge on any atom is 0.238 e. The fraction of sp³-hybridized carbons (Fsp3) is 0.143. The number of aromatic nitrogens is 2. The van der Waals surface area contributed by atoms with Gasteiger partial charge < -0.3 is 15.7 Å². The van der Waals surface area contributed by atoms with Crippen molar-refractivity contribution in [3.8, 4) is 11.3 Å². The van der Waals surface area contributed by atoms with Crippen LogP contribution in [0.25, 0.3) is 17.3 Å². The van der Waals surface area contributed by atoms with Gasteiger partial charge in [0.1, 0.15) is 0 Å². The number of benzene rings is 2. The molecule has 0 radical (unpaired) electrons. The minimum absolute atomic E-state index is 0.0426. The summed E-state index contributed by atoms with van der Waals surface area (Å²) < 4.78 is 22.7. The van der Waals surface area contributed by atoms with E-state index < -0.39 is 10.0 Å². The van der Waals surface area contributed by atoms with Gasteiger partial charge in [-0.25, -0.2) is 23.5 Å². The summed E-state index contributed by atoms with van der Waals surface area (Å²) >= 11 is 0. The number of sulfonamides is 1. The summed E-state index contributed by atoms with van der Waals surface area (Å²) in [5.74, 6) is 0.398. The Labute approximate surface area is 175 Å². The maximum absolute atomic E-state index is 11.3. The Hall–Kier alpha value is -3.11. The summed E-state index contributed by atoms with van der Waals surface area (Å²) in [6, 6.07) is 15.8. The maximum atomic E-state index is 11.3. The van der Waals surface area contributed by atoms with Crippen molar-refractivity contribution in [2.24, 2.45) is 5.14 Å². The number of nitrogens with two attached hydrogens (primary N) is 1. The van der Waals surface area contributed by atoms with Crippen LogP contribution < -0.4 is 15.8 Å². The van der Waals surface area contributed by atoms with Crippen LogP contribution in [0.4, 0.5) is 11.6 Å². The standard InChI is InChI=1S/C21H23N5O3S/c22-30(28,29)19-9-7-18(8-10-19)25-21-24-13-11-20(26-21)17-5-3-16(4-6-17)2-1-12-23-14-15-27/h1-11,13,23,27H,12,14-15H2,(H2,22,28,29)(H,24,25,26). The van der Waals surface area contributed by atoms with Crippen molar-refractivity contribution < 1.29 is 13.5 Å². The van der Waals surface area contributed by atoms with Crippen molar-refractivity contribution in [3.63, 3.8) is 0 Å². The number of aliphatic hydroxyl groups is 1. The summed E-state index contributed by atoms with van der Waals surface area (Å²) in [5.41, 5.74) is 3.41. The van der Waals surface area contributed by atoms with Crippen molar-refractivity contribution >= 4 is 27.7 Å². The molecule has 0 spiro atoms. The van der Waals surface area contributed by atoms with Gasteiger partial charge in [0, 0.05) is 30.5 Å². The van der Waals surface area contributed by atoms with Gasteiger partial charge in [0.15, 0.2) is 0 Å². The van der Waals surface area contributed by atoms with Crippen LogP contribution in [0.3, 0.4) is 0 Å². The van der Waals surface area contributed by atoms with E-state index in [1.807, 2.05) is 42.5 Å². The molecule has 9 heteroatoms. The fourth-order valence-corrected chi connectivity index (χ4v) is 3.18. The molecule has 1 aromatic heterocycles. The van der Waals surface area contributed by atoms with E-state index in [0.29, 0.717) is 24.7 Å². The van der Waals surface area contributed by atoms with Crippen molar-refractivity contribution in [1.82, 2.24) is 15.3 Å². The van der Waals surface area contributed by atoms with Crippen LogP contribution in [0.5, 0.6) is 0 Å². The van der Waals surface area contributed by atoms with Gasteiger partial charge in [0.25, 0.3) is 0 Å². The highest BCUT2D eigenvalue weighted by Gasteiger charge is 2.08. The van der Waals surface area contributed by atoms with Crippen LogP contribution in [0.2, 0.25) is 0 Å². The summed E-state index contributed by atoms with van der Waals surface area (Å²) in [7, 11) is -3.73. The zero-order valence-electron chi connectivity index (χ0n) is 16.2. The van der Waals surface area contributed by atoms with Gasteiger partial charge in [-0.1, -0.05) is 36.4 Å². The molecule has 5 N–H and O–H groups in total. The van der Waals surface area contributed by atoms with Gasteiger partial charge >= 0.3 is 0 Å². The molecule has 0 atom stereocenters. The second-order valence-electron chi connectivity index (χ2n) is 6.41. The smallest absolute Gasteiger partial charge is 0.238 e. The van der Waals surface area contributed by atoms with Crippen LogP contribution in [-0.4, -0.2) is 43.2 Å². The van der Waals surface area contributed by atoms with E-state index in [9.17, 15) is 8.42 Å². The molecule has 1 heterocycles. The van der Waals surface area contributed by atoms with Gasteiger partial charge in [0.05, 0.1) is 17.2 Å². The molecule has 0 unspecified atom stereocenters. The summed E-state index contributed by atoms with van der Waals surface area (Å²) in [6.45, 7) is 1.39. The molecule has 0 fully saturated rings. The van der Waals surface area contributed by atoms with Crippen LogP contribution in [-0.2, 0) is 10.0 Å². The third-order valence-electron chi connectivity index (χ3n) is 4.16. The summed E-state index contributed by atoms with van der Waals surface area (Å²) in [6.07, 6.45) is 5.66. The molecule has 8 nitrogen and oxygen atoms in total. The normalized spacial score (nSPS) is 11.7. The van der Waals surface area contributed by atoms with E-state index >= 15 is 0 Å². The molecule has 156 valence electrons. The molecule has 3 rings (SSSR count). The second kappa shape index (κ2) is 10.1. The van der Waals surface area contributed by atoms with Crippen LogP contribution in [0, 0.1) is 0 Å².